The van der Waals surface area contributed by atoms with Crippen LogP contribution in [0.3, 0.4) is 0 Å². The number of phenolic OH excluding ortho intramolecular Hbond substituents is 1. The zero-order chi connectivity index (χ0) is 12.7. The zero-order valence-electron chi connectivity index (χ0n) is 9.69. The van der Waals surface area contributed by atoms with E-state index in [9.17, 15) is 14.7 Å². The molecule has 0 atom stereocenters. The molecule has 0 aliphatic heterocycles. The molecule has 0 saturated heterocycles. The maximum Gasteiger partial charge on any atom is 0.224 e. The van der Waals surface area contributed by atoms with Crippen molar-refractivity contribution in [3.8, 4) is 5.75 Å². The van der Waals surface area contributed by atoms with E-state index in [1.165, 1.54) is 0 Å². The van der Waals surface area contributed by atoms with E-state index in [1.54, 1.807) is 31.3 Å². The molecule has 1 aromatic carbocycles. The minimum absolute atomic E-state index is 0.109. The van der Waals surface area contributed by atoms with Gasteiger partial charge in [0.2, 0.25) is 11.8 Å². The minimum Gasteiger partial charge on any atom is -0.508 e. The van der Waals surface area contributed by atoms with Gasteiger partial charge in [0.25, 0.3) is 0 Å². The van der Waals surface area contributed by atoms with Crippen LogP contribution in [0.15, 0.2) is 24.3 Å². The van der Waals surface area contributed by atoms with E-state index in [0.717, 1.165) is 5.56 Å². The Morgan fingerprint density at radius 1 is 1.29 bits per heavy atom. The van der Waals surface area contributed by atoms with Crippen LogP contribution in [0.2, 0.25) is 0 Å². The largest absolute Gasteiger partial charge is 0.508 e. The van der Waals surface area contributed by atoms with Crippen LogP contribution in [0, 0.1) is 0 Å². The van der Waals surface area contributed by atoms with Crippen LogP contribution in [0.4, 0.5) is 0 Å². The lowest BCUT2D eigenvalue weighted by Crippen LogP contribution is -2.30. The van der Waals surface area contributed by atoms with Crippen LogP contribution in [-0.2, 0) is 16.0 Å². The van der Waals surface area contributed by atoms with E-state index in [1.807, 2.05) is 0 Å². The number of nitrogens with one attached hydrogen (secondary N) is 2. The second kappa shape index (κ2) is 6.52. The van der Waals surface area contributed by atoms with Gasteiger partial charge in [-0.2, -0.15) is 0 Å². The lowest BCUT2D eigenvalue weighted by molar-refractivity contribution is -0.121. The fraction of sp³-hybridized carbons (Fsp3) is 0.333. The standard InChI is InChI=1S/C12H16N2O3/c1-13-11(16)5-6-14-12(17)8-9-3-2-4-10(15)7-9/h2-4,7,15H,5-6,8H2,1H3,(H,13,16)(H,14,17). The third kappa shape index (κ3) is 5.01. The van der Waals surface area contributed by atoms with Crippen molar-refractivity contribution in [3.63, 3.8) is 0 Å². The molecule has 0 fully saturated rings. The van der Waals surface area contributed by atoms with Gasteiger partial charge in [0.1, 0.15) is 5.75 Å². The molecule has 17 heavy (non-hydrogen) atoms. The van der Waals surface area contributed by atoms with Gasteiger partial charge in [-0.1, -0.05) is 12.1 Å². The molecule has 0 aromatic heterocycles. The first-order valence-corrected chi connectivity index (χ1v) is 5.37. The quantitative estimate of drug-likeness (QED) is 0.682. The second-order valence-corrected chi connectivity index (χ2v) is 3.62. The van der Waals surface area contributed by atoms with E-state index in [-0.39, 0.29) is 30.4 Å². The Morgan fingerprint density at radius 3 is 2.71 bits per heavy atom. The van der Waals surface area contributed by atoms with Gasteiger partial charge in [-0.3, -0.25) is 9.59 Å². The van der Waals surface area contributed by atoms with Crippen molar-refractivity contribution in [1.82, 2.24) is 10.6 Å². The highest BCUT2D eigenvalue weighted by Crippen LogP contribution is 2.10. The second-order valence-electron chi connectivity index (χ2n) is 3.62. The predicted octanol–water partition coefficient (Wildman–Crippen LogP) is 0.187. The summed E-state index contributed by atoms with van der Waals surface area (Å²) in [7, 11) is 1.55. The van der Waals surface area contributed by atoms with E-state index in [2.05, 4.69) is 10.6 Å². The summed E-state index contributed by atoms with van der Waals surface area (Å²) in [6.45, 7) is 0.317. The average molecular weight is 236 g/mol. The summed E-state index contributed by atoms with van der Waals surface area (Å²) in [6, 6.07) is 6.53. The molecule has 3 N–H and O–H groups in total. The van der Waals surface area contributed by atoms with E-state index in [0.29, 0.717) is 6.54 Å². The Morgan fingerprint density at radius 2 is 2.06 bits per heavy atom. The molecule has 1 rings (SSSR count). The normalized spacial score (nSPS) is 9.71. The number of hydrogen-bond donors (Lipinski definition) is 3. The van der Waals surface area contributed by atoms with Crippen molar-refractivity contribution < 1.29 is 14.7 Å². The lowest BCUT2D eigenvalue weighted by atomic mass is 10.1. The molecule has 92 valence electrons. The number of amides is 2. The molecule has 0 heterocycles. The number of rotatable bonds is 5. The highest BCUT2D eigenvalue weighted by Gasteiger charge is 2.04. The minimum atomic E-state index is -0.167. The summed E-state index contributed by atoms with van der Waals surface area (Å²) in [4.78, 5) is 22.4. The Balaban J connectivity index is 2.32. The number of benzene rings is 1. The summed E-state index contributed by atoms with van der Waals surface area (Å²) in [5.74, 6) is -0.136. The third-order valence-corrected chi connectivity index (χ3v) is 2.23. The number of phenols is 1. The fourth-order valence-corrected chi connectivity index (χ4v) is 1.35. The van der Waals surface area contributed by atoms with Crippen molar-refractivity contribution in [2.75, 3.05) is 13.6 Å². The number of aromatic hydroxyl groups is 1. The Bertz CT molecular complexity index is 404. The van der Waals surface area contributed by atoms with Gasteiger partial charge in [0.05, 0.1) is 6.42 Å². The molecule has 0 spiro atoms. The monoisotopic (exact) mass is 236 g/mol. The Kier molecular flexibility index (Phi) is 5.00. The van der Waals surface area contributed by atoms with Crippen LogP contribution in [-0.4, -0.2) is 30.5 Å². The SMILES string of the molecule is CNC(=O)CCNC(=O)Cc1cccc(O)c1. The summed E-state index contributed by atoms with van der Waals surface area (Å²) < 4.78 is 0. The highest BCUT2D eigenvalue weighted by molar-refractivity contribution is 5.80. The molecular weight excluding hydrogens is 220 g/mol. The van der Waals surface area contributed by atoms with Crippen LogP contribution in [0.5, 0.6) is 5.75 Å². The first-order valence-electron chi connectivity index (χ1n) is 5.37. The molecular formula is C12H16N2O3. The summed E-state index contributed by atoms with van der Waals surface area (Å²) in [6.07, 6.45) is 0.463. The average Bonchev–Trinajstić information content (AvgIpc) is 2.28. The summed E-state index contributed by atoms with van der Waals surface area (Å²) in [5, 5.41) is 14.3. The van der Waals surface area contributed by atoms with Gasteiger partial charge in [-0.25, -0.2) is 0 Å². The smallest absolute Gasteiger partial charge is 0.224 e. The first-order chi connectivity index (χ1) is 8.11. The molecule has 0 unspecified atom stereocenters. The van der Waals surface area contributed by atoms with E-state index < -0.39 is 0 Å². The first kappa shape index (κ1) is 13.0. The number of carbonyl (C=O) groups excluding carboxylic acids is 2. The Hall–Kier alpha value is -2.04. The van der Waals surface area contributed by atoms with Crippen LogP contribution in [0.1, 0.15) is 12.0 Å². The van der Waals surface area contributed by atoms with Crippen LogP contribution < -0.4 is 10.6 Å². The van der Waals surface area contributed by atoms with Gasteiger partial charge >= 0.3 is 0 Å². The molecule has 5 heteroatoms. The zero-order valence-corrected chi connectivity index (χ0v) is 9.69. The van der Waals surface area contributed by atoms with E-state index in [4.69, 9.17) is 0 Å². The third-order valence-electron chi connectivity index (χ3n) is 2.23. The molecule has 1 aromatic rings. The summed E-state index contributed by atoms with van der Waals surface area (Å²) in [5.41, 5.74) is 0.738. The van der Waals surface area contributed by atoms with Crippen LogP contribution in [0.25, 0.3) is 0 Å². The lowest BCUT2D eigenvalue weighted by Gasteiger charge is -2.05. The van der Waals surface area contributed by atoms with Crippen LogP contribution >= 0.6 is 0 Å². The van der Waals surface area contributed by atoms with Crippen molar-refractivity contribution in [2.45, 2.75) is 12.8 Å². The predicted molar refractivity (Wildman–Crippen MR) is 63.5 cm³/mol. The molecule has 0 aliphatic carbocycles. The molecule has 0 radical (unpaired) electrons. The molecule has 0 saturated carbocycles. The van der Waals surface area contributed by atoms with Crippen molar-refractivity contribution in [2.24, 2.45) is 0 Å². The number of carbonyl (C=O) groups is 2. The maximum absolute atomic E-state index is 11.5. The van der Waals surface area contributed by atoms with Crippen molar-refractivity contribution in [1.29, 1.82) is 0 Å². The van der Waals surface area contributed by atoms with Gasteiger partial charge in [-0.05, 0) is 17.7 Å². The van der Waals surface area contributed by atoms with E-state index >= 15 is 0 Å². The number of hydrogen-bond acceptors (Lipinski definition) is 3. The van der Waals surface area contributed by atoms with Gasteiger partial charge in [0, 0.05) is 20.0 Å². The Labute approximate surface area is 99.8 Å². The van der Waals surface area contributed by atoms with Gasteiger partial charge < -0.3 is 15.7 Å². The highest BCUT2D eigenvalue weighted by atomic mass is 16.3. The van der Waals surface area contributed by atoms with Gasteiger partial charge in [0.15, 0.2) is 0 Å². The van der Waals surface area contributed by atoms with Gasteiger partial charge in [-0.15, -0.1) is 0 Å². The molecule has 0 aliphatic rings. The summed E-state index contributed by atoms with van der Waals surface area (Å²) >= 11 is 0. The molecule has 5 nitrogen and oxygen atoms in total. The van der Waals surface area contributed by atoms with Crippen molar-refractivity contribution in [3.05, 3.63) is 29.8 Å². The molecule has 2 amide bonds. The topological polar surface area (TPSA) is 78.4 Å². The van der Waals surface area contributed by atoms with Crippen molar-refractivity contribution >= 4 is 11.8 Å². The fourth-order valence-electron chi connectivity index (χ4n) is 1.35. The molecule has 0 bridgehead atoms. The maximum atomic E-state index is 11.5.